The number of carbonyl (C=O) groups is 1. The number of aromatic nitrogens is 2. The Balaban J connectivity index is 2.27. The van der Waals surface area contributed by atoms with Gasteiger partial charge in [-0.1, -0.05) is 38.2 Å². The van der Waals surface area contributed by atoms with Crippen molar-refractivity contribution in [2.75, 3.05) is 19.5 Å². The van der Waals surface area contributed by atoms with Gasteiger partial charge in [0, 0.05) is 5.41 Å². The maximum absolute atomic E-state index is 12.6. The van der Waals surface area contributed by atoms with Gasteiger partial charge in [0.25, 0.3) is 5.91 Å². The first-order chi connectivity index (χ1) is 10.9. The van der Waals surface area contributed by atoms with E-state index < -0.39 is 0 Å². The first-order valence-corrected chi connectivity index (χ1v) is 8.11. The summed E-state index contributed by atoms with van der Waals surface area (Å²) in [6.45, 7) is 6.30. The molecular formula is C16H21N3O3S. The van der Waals surface area contributed by atoms with E-state index in [1.54, 1.807) is 18.2 Å². The second-order valence-corrected chi connectivity index (χ2v) is 6.62. The van der Waals surface area contributed by atoms with Gasteiger partial charge in [-0.25, -0.2) is 0 Å². The first-order valence-electron chi connectivity index (χ1n) is 7.29. The molecule has 1 N–H and O–H groups in total. The van der Waals surface area contributed by atoms with Crippen LogP contribution in [0.4, 0.5) is 5.13 Å². The standard InChI is InChI=1S/C16H21N3O3S/c1-6-16(2,3)14-18-19-15(23-14)17-13(20)12-10(21-4)8-7-9-11(12)22-5/h7-9H,6H2,1-5H3,(H,17,19,20). The van der Waals surface area contributed by atoms with Crippen LogP contribution in [0.5, 0.6) is 11.5 Å². The van der Waals surface area contributed by atoms with Gasteiger partial charge in [0.05, 0.1) is 14.2 Å². The lowest BCUT2D eigenvalue weighted by atomic mass is 9.91. The van der Waals surface area contributed by atoms with Crippen LogP contribution < -0.4 is 14.8 Å². The van der Waals surface area contributed by atoms with E-state index in [9.17, 15) is 4.79 Å². The molecule has 0 aliphatic carbocycles. The maximum Gasteiger partial charge on any atom is 0.265 e. The van der Waals surface area contributed by atoms with Crippen LogP contribution in [0.2, 0.25) is 0 Å². The minimum Gasteiger partial charge on any atom is -0.496 e. The van der Waals surface area contributed by atoms with Crippen molar-refractivity contribution in [3.05, 3.63) is 28.8 Å². The molecule has 0 bridgehead atoms. The fourth-order valence-corrected chi connectivity index (χ4v) is 2.84. The summed E-state index contributed by atoms with van der Waals surface area (Å²) in [4.78, 5) is 12.6. The van der Waals surface area contributed by atoms with E-state index in [0.717, 1.165) is 11.4 Å². The molecule has 1 aromatic carbocycles. The van der Waals surface area contributed by atoms with E-state index in [0.29, 0.717) is 22.2 Å². The molecule has 0 atom stereocenters. The largest absolute Gasteiger partial charge is 0.496 e. The van der Waals surface area contributed by atoms with Crippen LogP contribution in [0, 0.1) is 0 Å². The molecule has 0 saturated heterocycles. The molecule has 0 unspecified atom stereocenters. The van der Waals surface area contributed by atoms with Crippen molar-refractivity contribution < 1.29 is 14.3 Å². The number of methoxy groups -OCH3 is 2. The Labute approximate surface area is 139 Å². The lowest BCUT2D eigenvalue weighted by Crippen LogP contribution is -2.15. The second-order valence-electron chi connectivity index (χ2n) is 5.64. The molecule has 0 spiro atoms. The van der Waals surface area contributed by atoms with Crippen molar-refractivity contribution in [1.29, 1.82) is 0 Å². The van der Waals surface area contributed by atoms with Crippen LogP contribution >= 0.6 is 11.3 Å². The third-order valence-electron chi connectivity index (χ3n) is 3.76. The Kier molecular flexibility index (Phi) is 5.20. The minimum atomic E-state index is -0.337. The van der Waals surface area contributed by atoms with Gasteiger partial charge in [0.1, 0.15) is 22.1 Å². The van der Waals surface area contributed by atoms with Gasteiger partial charge in [-0.2, -0.15) is 0 Å². The zero-order valence-corrected chi connectivity index (χ0v) is 14.8. The number of hydrogen-bond acceptors (Lipinski definition) is 6. The van der Waals surface area contributed by atoms with E-state index in [1.165, 1.54) is 25.6 Å². The summed E-state index contributed by atoms with van der Waals surface area (Å²) in [5, 5.41) is 12.4. The maximum atomic E-state index is 12.6. The van der Waals surface area contributed by atoms with Crippen LogP contribution in [-0.2, 0) is 5.41 Å². The molecule has 124 valence electrons. The lowest BCUT2D eigenvalue weighted by Gasteiger charge is -2.17. The third kappa shape index (κ3) is 3.61. The number of benzene rings is 1. The highest BCUT2D eigenvalue weighted by molar-refractivity contribution is 7.15. The number of nitrogens with zero attached hydrogens (tertiary/aromatic N) is 2. The van der Waals surface area contributed by atoms with Crippen LogP contribution in [-0.4, -0.2) is 30.3 Å². The highest BCUT2D eigenvalue weighted by atomic mass is 32.1. The summed E-state index contributed by atoms with van der Waals surface area (Å²) < 4.78 is 10.5. The van der Waals surface area contributed by atoms with Gasteiger partial charge in [-0.3, -0.25) is 10.1 Å². The molecule has 0 aliphatic heterocycles. The fourth-order valence-electron chi connectivity index (χ4n) is 1.93. The van der Waals surface area contributed by atoms with Gasteiger partial charge in [0.15, 0.2) is 0 Å². The Hall–Kier alpha value is -2.15. The third-order valence-corrected chi connectivity index (χ3v) is 4.97. The van der Waals surface area contributed by atoms with Gasteiger partial charge in [-0.15, -0.1) is 10.2 Å². The Bertz CT molecular complexity index is 675. The normalized spacial score (nSPS) is 11.2. The van der Waals surface area contributed by atoms with Crippen molar-refractivity contribution >= 4 is 22.4 Å². The van der Waals surface area contributed by atoms with Crippen LogP contribution in [0.1, 0.15) is 42.6 Å². The SMILES string of the molecule is CCC(C)(C)c1nnc(NC(=O)c2c(OC)cccc2OC)s1. The zero-order valence-electron chi connectivity index (χ0n) is 14.0. The van der Waals surface area contributed by atoms with E-state index in [1.807, 2.05) is 0 Å². The Morgan fingerprint density at radius 2 is 1.83 bits per heavy atom. The quantitative estimate of drug-likeness (QED) is 0.874. The second kappa shape index (κ2) is 6.95. The predicted octanol–water partition coefficient (Wildman–Crippen LogP) is 3.50. The predicted molar refractivity (Wildman–Crippen MR) is 90.7 cm³/mol. The molecule has 6 nitrogen and oxygen atoms in total. The summed E-state index contributed by atoms with van der Waals surface area (Å²) in [5.41, 5.74) is 0.270. The smallest absolute Gasteiger partial charge is 0.265 e. The molecule has 7 heteroatoms. The Morgan fingerprint density at radius 3 is 2.35 bits per heavy atom. The number of anilines is 1. The average molecular weight is 335 g/mol. The fraction of sp³-hybridized carbons (Fsp3) is 0.438. The van der Waals surface area contributed by atoms with Crippen LogP contribution in [0.15, 0.2) is 18.2 Å². The van der Waals surface area contributed by atoms with Crippen molar-refractivity contribution in [1.82, 2.24) is 10.2 Å². The van der Waals surface area contributed by atoms with Crippen molar-refractivity contribution in [3.8, 4) is 11.5 Å². The number of nitrogens with one attached hydrogen (secondary N) is 1. The molecule has 23 heavy (non-hydrogen) atoms. The number of rotatable bonds is 6. The van der Waals surface area contributed by atoms with E-state index >= 15 is 0 Å². The highest BCUT2D eigenvalue weighted by Gasteiger charge is 2.25. The van der Waals surface area contributed by atoms with E-state index in [2.05, 4.69) is 36.3 Å². The van der Waals surface area contributed by atoms with Gasteiger partial charge in [0.2, 0.25) is 5.13 Å². The molecule has 0 saturated carbocycles. The summed E-state index contributed by atoms with van der Waals surface area (Å²) in [5.74, 6) is 0.553. The molecule has 1 amide bonds. The molecule has 0 aliphatic rings. The number of ether oxygens (including phenoxy) is 2. The van der Waals surface area contributed by atoms with Gasteiger partial charge >= 0.3 is 0 Å². The van der Waals surface area contributed by atoms with E-state index in [4.69, 9.17) is 9.47 Å². The lowest BCUT2D eigenvalue weighted by molar-refractivity contribution is 0.102. The molecule has 2 aromatic rings. The molecule has 1 aromatic heterocycles. The molecule has 1 heterocycles. The minimum absolute atomic E-state index is 0.0667. The van der Waals surface area contributed by atoms with Crippen molar-refractivity contribution in [3.63, 3.8) is 0 Å². The number of amides is 1. The monoisotopic (exact) mass is 335 g/mol. The highest BCUT2D eigenvalue weighted by Crippen LogP contribution is 2.33. The summed E-state index contributed by atoms with van der Waals surface area (Å²) in [7, 11) is 3.02. The van der Waals surface area contributed by atoms with Crippen LogP contribution in [0.3, 0.4) is 0 Å². The van der Waals surface area contributed by atoms with Crippen LogP contribution in [0.25, 0.3) is 0 Å². The summed E-state index contributed by atoms with van der Waals surface area (Å²) in [6, 6.07) is 5.19. The molecule has 2 rings (SSSR count). The summed E-state index contributed by atoms with van der Waals surface area (Å²) in [6.07, 6.45) is 0.940. The Morgan fingerprint density at radius 1 is 1.22 bits per heavy atom. The van der Waals surface area contributed by atoms with Gasteiger partial charge in [-0.05, 0) is 18.6 Å². The number of hydrogen-bond donors (Lipinski definition) is 1. The number of carbonyl (C=O) groups excluding carboxylic acids is 1. The molecule has 0 fully saturated rings. The topological polar surface area (TPSA) is 73.3 Å². The van der Waals surface area contributed by atoms with Crippen molar-refractivity contribution in [2.45, 2.75) is 32.6 Å². The van der Waals surface area contributed by atoms with E-state index in [-0.39, 0.29) is 11.3 Å². The molecule has 0 radical (unpaired) electrons. The average Bonchev–Trinajstić information content (AvgIpc) is 3.03. The summed E-state index contributed by atoms with van der Waals surface area (Å²) >= 11 is 1.38. The van der Waals surface area contributed by atoms with Crippen molar-refractivity contribution in [2.24, 2.45) is 0 Å². The van der Waals surface area contributed by atoms with Gasteiger partial charge < -0.3 is 9.47 Å². The molecular weight excluding hydrogens is 314 g/mol. The first kappa shape index (κ1) is 17.2. The zero-order chi connectivity index (χ0) is 17.0.